The fourth-order valence-corrected chi connectivity index (χ4v) is 1.94. The summed E-state index contributed by atoms with van der Waals surface area (Å²) in [4.78, 5) is 0. The monoisotopic (exact) mass is 280 g/mol. The molecular weight excluding hydrogens is 262 g/mol. The Morgan fingerprint density at radius 1 is 1.25 bits per heavy atom. The van der Waals surface area contributed by atoms with Crippen molar-refractivity contribution in [1.82, 2.24) is 0 Å². The molecule has 0 unspecified atom stereocenters. The molecule has 0 spiro atoms. The van der Waals surface area contributed by atoms with E-state index in [0.717, 1.165) is 19.3 Å². The number of alkyl halides is 1. The van der Waals surface area contributed by atoms with Crippen LogP contribution in [0.5, 0.6) is 0 Å². The Morgan fingerprint density at radius 3 is 2.17 bits per heavy atom. The molecule has 0 aromatic heterocycles. The van der Waals surface area contributed by atoms with Crippen molar-refractivity contribution in [3.8, 4) is 0 Å². The van der Waals surface area contributed by atoms with E-state index < -0.39 is 0 Å². The SMILES string of the molecule is CCC(B=O)(CC)CCCCI. The average Bonchev–Trinajstić information content (AvgIpc) is 2.14. The summed E-state index contributed by atoms with van der Waals surface area (Å²) in [5.74, 6) is 0. The molecule has 0 saturated heterocycles. The van der Waals surface area contributed by atoms with Crippen LogP contribution in [-0.4, -0.2) is 11.6 Å². The van der Waals surface area contributed by atoms with E-state index in [-0.39, 0.29) is 5.31 Å². The molecule has 0 saturated carbocycles. The van der Waals surface area contributed by atoms with Gasteiger partial charge in [-0.15, -0.1) is 0 Å². The van der Waals surface area contributed by atoms with Gasteiger partial charge in [-0.3, -0.25) is 0 Å². The van der Waals surface area contributed by atoms with Crippen molar-refractivity contribution in [1.29, 1.82) is 0 Å². The van der Waals surface area contributed by atoms with Crippen molar-refractivity contribution in [3.05, 3.63) is 0 Å². The zero-order valence-corrected chi connectivity index (χ0v) is 10.3. The number of rotatable bonds is 7. The predicted molar refractivity (Wildman–Crippen MR) is 62.5 cm³/mol. The van der Waals surface area contributed by atoms with E-state index in [4.69, 9.17) is 0 Å². The first-order chi connectivity index (χ1) is 5.74. The molecule has 1 nitrogen and oxygen atoms in total. The third-order valence-electron chi connectivity index (χ3n) is 2.72. The van der Waals surface area contributed by atoms with Gasteiger partial charge >= 0.3 is 90.1 Å². The Hall–Kier alpha value is 0.595. The molecule has 0 heterocycles. The van der Waals surface area contributed by atoms with Gasteiger partial charge in [0.15, 0.2) is 0 Å². The molecule has 0 amide bonds. The second-order valence-corrected chi connectivity index (χ2v) is 4.41. The second-order valence-electron chi connectivity index (χ2n) is 3.33. The Balaban J connectivity index is 3.84. The molecule has 0 radical (unpaired) electrons. The molecule has 0 aromatic carbocycles. The van der Waals surface area contributed by atoms with Crippen molar-refractivity contribution in [3.63, 3.8) is 0 Å². The fourth-order valence-electron chi connectivity index (χ4n) is 1.40. The molecular formula is C9H18BIO. The summed E-state index contributed by atoms with van der Waals surface area (Å²) >= 11 is 2.39. The van der Waals surface area contributed by atoms with Crippen LogP contribution in [0.1, 0.15) is 46.0 Å². The van der Waals surface area contributed by atoms with Crippen LogP contribution >= 0.6 is 22.6 Å². The fraction of sp³-hybridized carbons (Fsp3) is 1.00. The number of halogens is 1. The first-order valence-corrected chi connectivity index (χ1v) is 6.29. The van der Waals surface area contributed by atoms with Crippen LogP contribution in [0, 0.1) is 0 Å². The van der Waals surface area contributed by atoms with E-state index in [0.29, 0.717) is 0 Å². The summed E-state index contributed by atoms with van der Waals surface area (Å²) in [5.41, 5.74) is 0. The predicted octanol–water partition coefficient (Wildman–Crippen LogP) is 3.62. The molecule has 3 heteroatoms. The number of hydrogen-bond donors (Lipinski definition) is 0. The van der Waals surface area contributed by atoms with E-state index in [9.17, 15) is 4.70 Å². The summed E-state index contributed by atoms with van der Waals surface area (Å²) < 4.78 is 12.1. The van der Waals surface area contributed by atoms with Crippen LogP contribution in [0.25, 0.3) is 0 Å². The van der Waals surface area contributed by atoms with E-state index in [2.05, 4.69) is 36.4 Å². The maximum absolute atomic E-state index is 10.9. The molecule has 0 aliphatic carbocycles. The third kappa shape index (κ3) is 4.01. The van der Waals surface area contributed by atoms with Crippen molar-refractivity contribution >= 4 is 29.7 Å². The molecule has 0 aliphatic rings. The molecule has 0 aromatic rings. The van der Waals surface area contributed by atoms with Gasteiger partial charge in [0.2, 0.25) is 0 Å². The van der Waals surface area contributed by atoms with Gasteiger partial charge in [-0.25, -0.2) is 0 Å². The van der Waals surface area contributed by atoms with Crippen LogP contribution in [0.4, 0.5) is 0 Å². The maximum atomic E-state index is 10.9. The van der Waals surface area contributed by atoms with Gasteiger partial charge in [-0.1, -0.05) is 0 Å². The standard InChI is InChI=1S/C9H18BIO/c1-3-9(4-2,10-12)7-5-6-8-11/h3-8H2,1-2H3. The van der Waals surface area contributed by atoms with E-state index in [1.165, 1.54) is 24.4 Å². The van der Waals surface area contributed by atoms with Crippen LogP contribution < -0.4 is 0 Å². The molecule has 70 valence electrons. The first-order valence-electron chi connectivity index (χ1n) is 4.77. The molecule has 12 heavy (non-hydrogen) atoms. The molecule has 0 N–H and O–H groups in total. The van der Waals surface area contributed by atoms with E-state index >= 15 is 0 Å². The summed E-state index contributed by atoms with van der Waals surface area (Å²) in [5, 5.41) is -0.00812. The van der Waals surface area contributed by atoms with Gasteiger partial charge < -0.3 is 0 Å². The molecule has 0 atom stereocenters. The first kappa shape index (κ1) is 12.6. The van der Waals surface area contributed by atoms with Crippen LogP contribution in [-0.2, 0) is 4.70 Å². The van der Waals surface area contributed by atoms with Gasteiger partial charge in [0, 0.05) is 0 Å². The summed E-state index contributed by atoms with van der Waals surface area (Å²) in [6.45, 7) is 4.23. The average molecular weight is 280 g/mol. The van der Waals surface area contributed by atoms with Gasteiger partial charge in [0.25, 0.3) is 0 Å². The van der Waals surface area contributed by atoms with Crippen molar-refractivity contribution in [2.45, 2.75) is 51.3 Å². The number of hydrogen-bond acceptors (Lipinski definition) is 1. The van der Waals surface area contributed by atoms with Gasteiger partial charge in [0.05, 0.1) is 0 Å². The van der Waals surface area contributed by atoms with Gasteiger partial charge in [-0.2, -0.15) is 0 Å². The second kappa shape index (κ2) is 7.04. The molecule has 0 aliphatic heterocycles. The Bertz CT molecular complexity index is 124. The zero-order chi connectivity index (χ0) is 9.45. The molecule has 0 bridgehead atoms. The zero-order valence-electron chi connectivity index (χ0n) is 8.11. The van der Waals surface area contributed by atoms with E-state index in [1.807, 2.05) is 0 Å². The van der Waals surface area contributed by atoms with Crippen molar-refractivity contribution in [2.24, 2.45) is 0 Å². The molecule has 0 rings (SSSR count). The molecule has 0 fully saturated rings. The van der Waals surface area contributed by atoms with Crippen LogP contribution in [0.3, 0.4) is 0 Å². The van der Waals surface area contributed by atoms with E-state index in [1.54, 1.807) is 0 Å². The van der Waals surface area contributed by atoms with Gasteiger partial charge in [0.1, 0.15) is 0 Å². The van der Waals surface area contributed by atoms with Crippen LogP contribution in [0.15, 0.2) is 0 Å². The third-order valence-corrected chi connectivity index (χ3v) is 3.48. The van der Waals surface area contributed by atoms with Crippen LogP contribution in [0.2, 0.25) is 5.31 Å². The summed E-state index contributed by atoms with van der Waals surface area (Å²) in [7, 11) is 1.17. The minimum atomic E-state index is -0.00812. The van der Waals surface area contributed by atoms with Crippen molar-refractivity contribution < 1.29 is 4.70 Å². The Kier molecular flexibility index (Phi) is 7.39. The normalized spacial score (nSPS) is 11.2. The summed E-state index contributed by atoms with van der Waals surface area (Å²) in [6, 6.07) is 0. The topological polar surface area (TPSA) is 17.1 Å². The van der Waals surface area contributed by atoms with Crippen molar-refractivity contribution in [2.75, 3.05) is 4.43 Å². The quantitative estimate of drug-likeness (QED) is 0.301. The Morgan fingerprint density at radius 2 is 1.83 bits per heavy atom. The Labute approximate surface area is 90.1 Å². The number of unbranched alkanes of at least 4 members (excludes halogenated alkanes) is 1. The van der Waals surface area contributed by atoms with Gasteiger partial charge in [-0.05, 0) is 0 Å². The minimum absolute atomic E-state index is 0.00812. The summed E-state index contributed by atoms with van der Waals surface area (Å²) in [6.07, 6.45) is 5.51.